The van der Waals surface area contributed by atoms with Crippen molar-refractivity contribution in [3.05, 3.63) is 285 Å². The first kappa shape index (κ1) is 42.7. The Morgan fingerprint density at radius 2 is 0.453 bits per heavy atom. The fourth-order valence-electron chi connectivity index (χ4n) is 11.9. The summed E-state index contributed by atoms with van der Waals surface area (Å²) in [6.45, 7) is 0. The minimum Gasteiger partial charge on any atom is -0.309 e. The second kappa shape index (κ2) is 17.4. The van der Waals surface area contributed by atoms with E-state index in [4.69, 9.17) is 0 Å². The summed E-state index contributed by atoms with van der Waals surface area (Å²) in [7, 11) is 0. The van der Waals surface area contributed by atoms with Crippen molar-refractivity contribution < 1.29 is 0 Å². The molecule has 0 aliphatic carbocycles. The zero-order valence-electron chi connectivity index (χ0n) is 41.0. The van der Waals surface area contributed by atoms with E-state index in [1.807, 2.05) is 0 Å². The van der Waals surface area contributed by atoms with Gasteiger partial charge in [-0.15, -0.1) is 0 Å². The fourth-order valence-corrected chi connectivity index (χ4v) is 11.9. The van der Waals surface area contributed by atoms with Gasteiger partial charge >= 0.3 is 0 Å². The Balaban J connectivity index is 1.10. The SMILES string of the molecule is c1ccc(-c2ccc3c(c2)c2cc(-c4ccccc4)ccc2n3-c2cc(-n3c4ccc(-c5ccccc5)cc4c4cc(-c5ccccc5)ccc43)c3c(c2)c2cc(-c4ccccc4)ccc2n3-c2ccccc2)cc1. The lowest BCUT2D eigenvalue weighted by Crippen LogP contribution is -2.03. The molecule has 0 fully saturated rings. The van der Waals surface area contributed by atoms with Gasteiger partial charge in [-0.3, -0.25) is 0 Å². The van der Waals surface area contributed by atoms with Gasteiger partial charge in [-0.2, -0.15) is 0 Å². The van der Waals surface area contributed by atoms with E-state index in [0.29, 0.717) is 0 Å². The number of para-hydroxylation sites is 1. The van der Waals surface area contributed by atoms with E-state index in [2.05, 4.69) is 299 Å². The van der Waals surface area contributed by atoms with Crippen LogP contribution in [0, 0.1) is 0 Å². The van der Waals surface area contributed by atoms with E-state index >= 15 is 0 Å². The summed E-state index contributed by atoms with van der Waals surface area (Å²) < 4.78 is 7.56. The van der Waals surface area contributed by atoms with Gasteiger partial charge in [0, 0.05) is 43.7 Å². The summed E-state index contributed by atoms with van der Waals surface area (Å²) in [5, 5.41) is 7.19. The predicted molar refractivity (Wildman–Crippen MR) is 317 cm³/mol. The molecule has 3 nitrogen and oxygen atoms in total. The molecule has 0 spiro atoms. The third kappa shape index (κ3) is 7.05. The van der Waals surface area contributed by atoms with Crippen molar-refractivity contribution in [3.63, 3.8) is 0 Å². The van der Waals surface area contributed by atoms with E-state index in [1.54, 1.807) is 0 Å². The monoisotopic (exact) mass is 953 g/mol. The van der Waals surface area contributed by atoms with E-state index in [-0.39, 0.29) is 0 Å². The van der Waals surface area contributed by atoms with E-state index in [0.717, 1.165) is 50.2 Å². The summed E-state index contributed by atoms with van der Waals surface area (Å²) in [4.78, 5) is 0. The molecule has 15 rings (SSSR count). The normalized spacial score (nSPS) is 11.7. The summed E-state index contributed by atoms with van der Waals surface area (Å²) in [5.74, 6) is 0. The molecule has 0 aliphatic rings. The summed E-state index contributed by atoms with van der Waals surface area (Å²) in [5.41, 5.74) is 22.1. The first-order valence-corrected chi connectivity index (χ1v) is 25.8. The Morgan fingerprint density at radius 1 is 0.173 bits per heavy atom. The Bertz CT molecular complexity index is 4450. The Kier molecular flexibility index (Phi) is 9.89. The number of fused-ring (bicyclic) bond motifs is 9. The van der Waals surface area contributed by atoms with Gasteiger partial charge in [0.1, 0.15) is 0 Å². The highest BCUT2D eigenvalue weighted by molar-refractivity contribution is 6.18. The molecule has 0 N–H and O–H groups in total. The van der Waals surface area contributed by atoms with Crippen molar-refractivity contribution in [1.29, 1.82) is 0 Å². The minimum absolute atomic E-state index is 1.09. The average molecular weight is 954 g/mol. The zero-order valence-corrected chi connectivity index (χ0v) is 41.0. The lowest BCUT2D eigenvalue weighted by molar-refractivity contribution is 1.11. The highest BCUT2D eigenvalue weighted by atomic mass is 15.1. The van der Waals surface area contributed by atoms with Gasteiger partial charge < -0.3 is 13.7 Å². The maximum atomic E-state index is 2.55. The number of hydrogen-bond acceptors (Lipinski definition) is 0. The molecular formula is C72H47N3. The van der Waals surface area contributed by atoms with Crippen molar-refractivity contribution >= 4 is 65.4 Å². The van der Waals surface area contributed by atoms with Gasteiger partial charge in [-0.25, -0.2) is 0 Å². The molecule has 15 aromatic rings. The number of rotatable bonds is 8. The molecule has 0 saturated heterocycles. The van der Waals surface area contributed by atoms with Crippen LogP contribution in [0.3, 0.4) is 0 Å². The molecule has 12 aromatic carbocycles. The van der Waals surface area contributed by atoms with Crippen molar-refractivity contribution in [2.24, 2.45) is 0 Å². The van der Waals surface area contributed by atoms with Crippen LogP contribution in [0.2, 0.25) is 0 Å². The topological polar surface area (TPSA) is 14.8 Å². The Morgan fingerprint density at radius 3 is 0.787 bits per heavy atom. The van der Waals surface area contributed by atoms with E-state index in [1.165, 1.54) is 88.0 Å². The van der Waals surface area contributed by atoms with Crippen molar-refractivity contribution in [2.45, 2.75) is 0 Å². The van der Waals surface area contributed by atoms with Gasteiger partial charge in [0.15, 0.2) is 0 Å². The zero-order chi connectivity index (χ0) is 49.4. The van der Waals surface area contributed by atoms with E-state index < -0.39 is 0 Å². The van der Waals surface area contributed by atoms with Crippen LogP contribution in [0.1, 0.15) is 0 Å². The quantitative estimate of drug-likeness (QED) is 0.144. The second-order valence-corrected chi connectivity index (χ2v) is 19.7. The summed E-state index contributed by atoms with van der Waals surface area (Å²) in [6, 6.07) is 105. The summed E-state index contributed by atoms with van der Waals surface area (Å²) >= 11 is 0. The van der Waals surface area contributed by atoms with Crippen molar-refractivity contribution in [3.8, 4) is 72.7 Å². The van der Waals surface area contributed by atoms with E-state index in [9.17, 15) is 0 Å². The molecule has 0 bridgehead atoms. The summed E-state index contributed by atoms with van der Waals surface area (Å²) in [6.07, 6.45) is 0. The minimum atomic E-state index is 1.09. The van der Waals surface area contributed by atoms with Gasteiger partial charge in [0.05, 0.1) is 38.8 Å². The molecule has 350 valence electrons. The van der Waals surface area contributed by atoms with Crippen molar-refractivity contribution in [1.82, 2.24) is 13.7 Å². The molecule has 0 amide bonds. The smallest absolute Gasteiger partial charge is 0.0784 e. The number of hydrogen-bond donors (Lipinski definition) is 0. The second-order valence-electron chi connectivity index (χ2n) is 19.7. The van der Waals surface area contributed by atoms with Crippen LogP contribution >= 0.6 is 0 Å². The molecule has 3 heterocycles. The molecule has 0 unspecified atom stereocenters. The van der Waals surface area contributed by atoms with Crippen LogP contribution in [0.5, 0.6) is 0 Å². The third-order valence-corrected chi connectivity index (χ3v) is 15.4. The molecule has 3 aromatic heterocycles. The molecule has 0 saturated carbocycles. The first-order valence-electron chi connectivity index (χ1n) is 25.8. The molecule has 0 radical (unpaired) electrons. The average Bonchev–Trinajstić information content (AvgIpc) is 4.15. The van der Waals surface area contributed by atoms with Crippen LogP contribution in [0.25, 0.3) is 138 Å². The van der Waals surface area contributed by atoms with Crippen LogP contribution in [-0.4, -0.2) is 13.7 Å². The maximum Gasteiger partial charge on any atom is 0.0784 e. The van der Waals surface area contributed by atoms with Gasteiger partial charge in [-0.05, 0) is 141 Å². The van der Waals surface area contributed by atoms with Gasteiger partial charge in [0.2, 0.25) is 0 Å². The van der Waals surface area contributed by atoms with Gasteiger partial charge in [-0.1, -0.05) is 200 Å². The largest absolute Gasteiger partial charge is 0.309 e. The van der Waals surface area contributed by atoms with Crippen molar-refractivity contribution in [2.75, 3.05) is 0 Å². The van der Waals surface area contributed by atoms with Crippen LogP contribution in [0.15, 0.2) is 285 Å². The third-order valence-electron chi connectivity index (χ3n) is 15.4. The Hall–Kier alpha value is -9.96. The predicted octanol–water partition coefficient (Wildman–Crippen LogP) is 19.3. The fraction of sp³-hybridized carbons (Fsp3) is 0. The maximum absolute atomic E-state index is 2.55. The lowest BCUT2D eigenvalue weighted by Gasteiger charge is -2.17. The highest BCUT2D eigenvalue weighted by Crippen LogP contribution is 2.45. The molecule has 0 aliphatic heterocycles. The molecule has 75 heavy (non-hydrogen) atoms. The molecule has 0 atom stereocenters. The van der Waals surface area contributed by atoms with Crippen LogP contribution in [0.4, 0.5) is 0 Å². The van der Waals surface area contributed by atoms with Crippen LogP contribution in [-0.2, 0) is 0 Å². The van der Waals surface area contributed by atoms with Crippen LogP contribution < -0.4 is 0 Å². The number of nitrogens with zero attached hydrogens (tertiary/aromatic N) is 3. The number of aromatic nitrogens is 3. The Labute approximate surface area is 434 Å². The lowest BCUT2D eigenvalue weighted by atomic mass is 10.0. The van der Waals surface area contributed by atoms with Gasteiger partial charge in [0.25, 0.3) is 0 Å². The highest BCUT2D eigenvalue weighted by Gasteiger charge is 2.25. The molecule has 3 heteroatoms. The first-order chi connectivity index (χ1) is 37.2. The number of benzene rings is 12. The molecular weight excluding hydrogens is 907 g/mol. The standard InChI is InChI=1S/C72H47N3/c1-7-19-48(20-8-1)53-31-36-66-60(41-53)61-42-54(49-21-9-2-10-22-49)32-37-67(61)73(66)59-46-65-64-45-57(52-27-15-5-16-28-52)33-38-68(64)74(58-29-17-6-18-30-58)72(65)71(47-59)75-69-39-34-55(50-23-11-3-12-24-50)43-62(69)63-44-56(35-40-70(63)75)51-25-13-4-14-26-51/h1-47H.